The van der Waals surface area contributed by atoms with Gasteiger partial charge in [0.25, 0.3) is 5.91 Å². The van der Waals surface area contributed by atoms with E-state index in [0.29, 0.717) is 11.7 Å². The number of amides is 1. The fourth-order valence-corrected chi connectivity index (χ4v) is 4.24. The lowest BCUT2D eigenvalue weighted by atomic mass is 10.1. The lowest BCUT2D eigenvalue weighted by Gasteiger charge is -2.28. The van der Waals surface area contributed by atoms with Crippen LogP contribution in [-0.2, 0) is 11.2 Å². The van der Waals surface area contributed by atoms with Crippen molar-refractivity contribution in [2.75, 3.05) is 44.3 Å². The van der Waals surface area contributed by atoms with Gasteiger partial charge < -0.3 is 9.26 Å². The minimum atomic E-state index is -0.210. The van der Waals surface area contributed by atoms with E-state index in [4.69, 9.17) is 14.2 Å². The van der Waals surface area contributed by atoms with Crippen LogP contribution in [0.3, 0.4) is 0 Å². The highest BCUT2D eigenvalue weighted by Gasteiger charge is 2.25. The number of carbonyl (C=O) groups excluding carboxylic acids is 1. The molecule has 0 bridgehead atoms. The quantitative estimate of drug-likeness (QED) is 0.649. The summed E-state index contributed by atoms with van der Waals surface area (Å²) in [6, 6.07) is 7.77. The van der Waals surface area contributed by atoms with Crippen LogP contribution in [0.1, 0.15) is 23.0 Å². The average molecular weight is 386 g/mol. The van der Waals surface area contributed by atoms with Gasteiger partial charge in [-0.15, -0.1) is 0 Å². The second kappa shape index (κ2) is 8.16. The Morgan fingerprint density at radius 3 is 2.89 bits per heavy atom. The molecule has 2 aromatic heterocycles. The monoisotopic (exact) mass is 386 g/mol. The number of ether oxygens (including phenoxy) is 1. The maximum atomic E-state index is 13.0. The highest BCUT2D eigenvalue weighted by atomic mass is 32.1. The van der Waals surface area contributed by atoms with E-state index < -0.39 is 0 Å². The molecular formula is C19H22N4O3S. The standard InChI is InChI=1S/C19H22N4O3S/c1-2-14-4-3-5-16-17(14)21-19(27-16)23(18(24)15-6-7-20-26-15)9-8-22-10-12-25-13-11-22/h3-7H,2,8-13H2,1H3. The van der Waals surface area contributed by atoms with Crippen LogP contribution in [0.5, 0.6) is 0 Å². The van der Waals surface area contributed by atoms with Gasteiger partial charge in [-0.3, -0.25) is 14.6 Å². The molecule has 0 N–H and O–H groups in total. The Morgan fingerprint density at radius 1 is 1.30 bits per heavy atom. The molecule has 0 aliphatic carbocycles. The summed E-state index contributed by atoms with van der Waals surface area (Å²) in [5.74, 6) is 0.0183. The summed E-state index contributed by atoms with van der Waals surface area (Å²) in [4.78, 5) is 21.8. The minimum absolute atomic E-state index is 0.210. The van der Waals surface area contributed by atoms with Crippen molar-refractivity contribution < 1.29 is 14.1 Å². The zero-order valence-electron chi connectivity index (χ0n) is 15.3. The van der Waals surface area contributed by atoms with E-state index in [-0.39, 0.29) is 11.7 Å². The third-order valence-corrected chi connectivity index (χ3v) is 5.78. The maximum Gasteiger partial charge on any atom is 0.298 e. The van der Waals surface area contributed by atoms with Crippen LogP contribution in [0.4, 0.5) is 5.13 Å². The lowest BCUT2D eigenvalue weighted by Crippen LogP contribution is -2.43. The molecule has 1 saturated heterocycles. The predicted molar refractivity (Wildman–Crippen MR) is 104 cm³/mol. The van der Waals surface area contributed by atoms with Gasteiger partial charge in [-0.05, 0) is 18.1 Å². The Hall–Kier alpha value is -2.29. The first-order valence-corrected chi connectivity index (χ1v) is 9.99. The molecule has 8 heteroatoms. The third kappa shape index (κ3) is 3.87. The number of nitrogens with zero attached hydrogens (tertiary/aromatic N) is 4. The Balaban J connectivity index is 1.63. The van der Waals surface area contributed by atoms with Gasteiger partial charge in [-0.2, -0.15) is 0 Å². The highest BCUT2D eigenvalue weighted by molar-refractivity contribution is 7.22. The van der Waals surface area contributed by atoms with Crippen LogP contribution in [0.25, 0.3) is 10.2 Å². The van der Waals surface area contributed by atoms with E-state index in [9.17, 15) is 4.79 Å². The number of hydrogen-bond donors (Lipinski definition) is 0. The van der Waals surface area contributed by atoms with Gasteiger partial charge in [0, 0.05) is 32.2 Å². The molecule has 1 aromatic carbocycles. The molecule has 27 heavy (non-hydrogen) atoms. The van der Waals surface area contributed by atoms with Crippen molar-refractivity contribution in [1.29, 1.82) is 0 Å². The Bertz CT molecular complexity index is 903. The molecule has 3 aromatic rings. The summed E-state index contributed by atoms with van der Waals surface area (Å²) >= 11 is 1.54. The molecule has 0 saturated carbocycles. The van der Waals surface area contributed by atoms with Crippen molar-refractivity contribution in [2.24, 2.45) is 0 Å². The number of anilines is 1. The second-order valence-corrected chi connectivity index (χ2v) is 7.41. The fraction of sp³-hybridized carbons (Fsp3) is 0.421. The van der Waals surface area contributed by atoms with E-state index >= 15 is 0 Å². The number of para-hydroxylation sites is 1. The van der Waals surface area contributed by atoms with Crippen molar-refractivity contribution in [2.45, 2.75) is 13.3 Å². The molecule has 1 amide bonds. The molecule has 7 nitrogen and oxygen atoms in total. The molecule has 142 valence electrons. The normalized spacial score (nSPS) is 15.3. The van der Waals surface area contributed by atoms with Crippen molar-refractivity contribution in [1.82, 2.24) is 15.0 Å². The number of rotatable bonds is 6. The number of morpholine rings is 1. The predicted octanol–water partition coefficient (Wildman–Crippen LogP) is 2.83. The van der Waals surface area contributed by atoms with Crippen LogP contribution in [0, 0.1) is 0 Å². The van der Waals surface area contributed by atoms with E-state index in [0.717, 1.165) is 49.5 Å². The van der Waals surface area contributed by atoms with Crippen LogP contribution in [-0.4, -0.2) is 60.3 Å². The van der Waals surface area contributed by atoms with Gasteiger partial charge in [-0.1, -0.05) is 35.5 Å². The average Bonchev–Trinajstić information content (AvgIpc) is 3.38. The summed E-state index contributed by atoms with van der Waals surface area (Å²) in [6.45, 7) is 6.65. The third-order valence-electron chi connectivity index (χ3n) is 4.74. The van der Waals surface area contributed by atoms with E-state index in [1.54, 1.807) is 11.0 Å². The van der Waals surface area contributed by atoms with Gasteiger partial charge in [0.1, 0.15) is 0 Å². The minimum Gasteiger partial charge on any atom is -0.379 e. The number of thiazole rings is 1. The molecule has 0 spiro atoms. The number of carbonyl (C=O) groups is 1. The first-order valence-electron chi connectivity index (χ1n) is 9.17. The molecular weight excluding hydrogens is 364 g/mol. The highest BCUT2D eigenvalue weighted by Crippen LogP contribution is 2.31. The molecule has 0 unspecified atom stereocenters. The van der Waals surface area contributed by atoms with Crippen molar-refractivity contribution >= 4 is 32.6 Å². The van der Waals surface area contributed by atoms with Gasteiger partial charge >= 0.3 is 0 Å². The van der Waals surface area contributed by atoms with Crippen molar-refractivity contribution in [3.05, 3.63) is 41.8 Å². The lowest BCUT2D eigenvalue weighted by molar-refractivity contribution is 0.0390. The smallest absolute Gasteiger partial charge is 0.298 e. The zero-order valence-corrected chi connectivity index (χ0v) is 16.1. The number of aromatic nitrogens is 2. The van der Waals surface area contributed by atoms with Crippen molar-refractivity contribution in [3.63, 3.8) is 0 Å². The maximum absolute atomic E-state index is 13.0. The van der Waals surface area contributed by atoms with Crippen LogP contribution >= 0.6 is 11.3 Å². The van der Waals surface area contributed by atoms with Gasteiger partial charge in [-0.25, -0.2) is 4.98 Å². The number of benzene rings is 1. The number of aryl methyl sites for hydroxylation is 1. The zero-order chi connectivity index (χ0) is 18.6. The van der Waals surface area contributed by atoms with E-state index in [2.05, 4.69) is 29.1 Å². The molecule has 3 heterocycles. The molecule has 1 aliphatic rings. The molecule has 1 aliphatic heterocycles. The SMILES string of the molecule is CCc1cccc2sc(N(CCN3CCOCC3)C(=O)c3ccno3)nc12. The topological polar surface area (TPSA) is 71.7 Å². The van der Waals surface area contributed by atoms with Crippen molar-refractivity contribution in [3.8, 4) is 0 Å². The second-order valence-electron chi connectivity index (χ2n) is 6.40. The summed E-state index contributed by atoms with van der Waals surface area (Å²) in [6.07, 6.45) is 2.39. The van der Waals surface area contributed by atoms with E-state index in [1.807, 2.05) is 6.07 Å². The Labute approximate surface area is 161 Å². The summed E-state index contributed by atoms with van der Waals surface area (Å²) in [5, 5.41) is 4.37. The molecule has 1 fully saturated rings. The number of fused-ring (bicyclic) bond motifs is 1. The Morgan fingerprint density at radius 2 is 2.15 bits per heavy atom. The number of hydrogen-bond acceptors (Lipinski definition) is 7. The summed E-state index contributed by atoms with van der Waals surface area (Å²) in [7, 11) is 0. The van der Waals surface area contributed by atoms with Gasteiger partial charge in [0.15, 0.2) is 5.13 Å². The summed E-state index contributed by atoms with van der Waals surface area (Å²) < 4.78 is 11.6. The van der Waals surface area contributed by atoms with Gasteiger partial charge in [0.05, 0.1) is 29.6 Å². The summed E-state index contributed by atoms with van der Waals surface area (Å²) in [5.41, 5.74) is 2.16. The Kier molecular flexibility index (Phi) is 5.47. The fourth-order valence-electron chi connectivity index (χ4n) is 3.20. The molecule has 4 rings (SSSR count). The van der Waals surface area contributed by atoms with Gasteiger partial charge in [0.2, 0.25) is 5.76 Å². The van der Waals surface area contributed by atoms with Crippen LogP contribution in [0.15, 0.2) is 35.0 Å². The molecule has 0 radical (unpaired) electrons. The van der Waals surface area contributed by atoms with Crippen LogP contribution < -0.4 is 4.90 Å². The van der Waals surface area contributed by atoms with E-state index in [1.165, 1.54) is 23.1 Å². The first-order chi connectivity index (χ1) is 13.3. The largest absolute Gasteiger partial charge is 0.379 e. The first kappa shape index (κ1) is 18.1. The molecule has 0 atom stereocenters. The van der Waals surface area contributed by atoms with Crippen LogP contribution in [0.2, 0.25) is 0 Å².